The maximum atomic E-state index is 15.3. The highest BCUT2D eigenvalue weighted by molar-refractivity contribution is 8.22. The molecule has 7 aromatic rings. The number of oxime groups is 1. The molecule has 1 saturated heterocycles. The summed E-state index contributed by atoms with van der Waals surface area (Å²) in [5.41, 5.74) is 1.68. The minimum absolute atomic E-state index is 0.0102. The van der Waals surface area contributed by atoms with Crippen LogP contribution in [0.1, 0.15) is 66.1 Å². The lowest BCUT2D eigenvalue weighted by atomic mass is 9.80. The predicted octanol–water partition coefficient (Wildman–Crippen LogP) is 9.49. The largest absolute Gasteiger partial charge is 0.448 e. The van der Waals surface area contributed by atoms with Crippen molar-refractivity contribution in [1.82, 2.24) is 30.2 Å². The van der Waals surface area contributed by atoms with Crippen molar-refractivity contribution in [3.63, 3.8) is 0 Å². The number of aryl methyl sites for hydroxylation is 1. The molecule has 2 atom stereocenters. The Kier molecular flexibility index (Phi) is 14.5. The van der Waals surface area contributed by atoms with Gasteiger partial charge < -0.3 is 19.6 Å². The first-order valence-corrected chi connectivity index (χ1v) is 25.8. The van der Waals surface area contributed by atoms with Gasteiger partial charge in [-0.1, -0.05) is 186 Å². The molecule has 2 N–H and O–H groups in total. The van der Waals surface area contributed by atoms with Crippen molar-refractivity contribution in [3.05, 3.63) is 208 Å². The Hall–Kier alpha value is -7.45. The molecule has 2 aliphatic rings. The first kappa shape index (κ1) is 49.5. The third-order valence-electron chi connectivity index (χ3n) is 11.5. The lowest BCUT2D eigenvalue weighted by Gasteiger charge is -2.56. The van der Waals surface area contributed by atoms with Crippen LogP contribution in [0.4, 0.5) is 9.93 Å². The molecule has 1 fully saturated rings. The number of thiocarbonyl (C=S) groups is 1. The van der Waals surface area contributed by atoms with Crippen LogP contribution >= 0.6 is 47.1 Å². The van der Waals surface area contributed by atoms with Crippen molar-refractivity contribution >= 4 is 92.1 Å². The Morgan fingerprint density at radius 1 is 0.847 bits per heavy atom. The number of thiazole rings is 1. The Balaban J connectivity index is 1.12. The first-order chi connectivity index (χ1) is 34.8. The number of hydrogen-bond acceptors (Lipinski definition) is 15. The summed E-state index contributed by atoms with van der Waals surface area (Å²) in [4.78, 5) is 69.4. The average molecular weight is 1040 g/mol. The fourth-order valence-electron chi connectivity index (χ4n) is 8.33. The number of benzene rings is 5. The number of aromatic nitrogens is 4. The van der Waals surface area contributed by atoms with Crippen LogP contribution in [0, 0.1) is 0 Å². The number of ether oxygens (including phenoxy) is 2. The number of hydrogen-bond donors (Lipinski definition) is 2. The van der Waals surface area contributed by atoms with Crippen molar-refractivity contribution in [1.29, 1.82) is 0 Å². The van der Waals surface area contributed by atoms with Crippen LogP contribution in [0.15, 0.2) is 174 Å². The van der Waals surface area contributed by atoms with Crippen LogP contribution < -0.4 is 10.6 Å². The molecule has 72 heavy (non-hydrogen) atoms. The molecule has 0 unspecified atom stereocenters. The fraction of sp³-hybridized carbons (Fsp3) is 0.189. The summed E-state index contributed by atoms with van der Waals surface area (Å²) in [6.07, 6.45) is 0.0522. The SMILES string of the molecule is Cn1cc(C2=C(C(=O)OC(c3ccccc3)c3ccccc3)N3C(=O)[C@](NC(=O)C(=NOC(c4ccccc4)(c4ccccc4)c4ccccc4)c4csc(NC(=O)OC(C)(C)C)n4)(SC=S)[C@@H]3SC2)nn1. The summed E-state index contributed by atoms with van der Waals surface area (Å²) >= 11 is 8.65. The zero-order valence-corrected chi connectivity index (χ0v) is 42.5. The molecular formula is C53H46N8O7S4. The quantitative estimate of drug-likeness (QED) is 0.0178. The molecule has 4 heterocycles. The van der Waals surface area contributed by atoms with Gasteiger partial charge in [0, 0.05) is 45.1 Å². The number of esters is 1. The number of nitrogens with one attached hydrogen (secondary N) is 2. The molecule has 19 heteroatoms. The third kappa shape index (κ3) is 10.1. The lowest BCUT2D eigenvalue weighted by molar-refractivity contribution is -0.155. The van der Waals surface area contributed by atoms with Gasteiger partial charge in [0.15, 0.2) is 16.9 Å². The molecule has 0 bridgehead atoms. The molecule has 9 rings (SSSR count). The molecule has 0 spiro atoms. The zero-order valence-electron chi connectivity index (χ0n) is 39.2. The molecule has 0 saturated carbocycles. The maximum Gasteiger partial charge on any atom is 0.413 e. The first-order valence-electron chi connectivity index (χ1n) is 22.5. The van der Waals surface area contributed by atoms with Crippen LogP contribution in [-0.2, 0) is 41.3 Å². The van der Waals surface area contributed by atoms with Gasteiger partial charge in [-0.2, -0.15) is 0 Å². The van der Waals surface area contributed by atoms with Crippen molar-refractivity contribution in [3.8, 4) is 0 Å². The summed E-state index contributed by atoms with van der Waals surface area (Å²) < 4.78 is 14.7. The van der Waals surface area contributed by atoms with E-state index in [1.807, 2.05) is 152 Å². The number of anilines is 1. The van der Waals surface area contributed by atoms with Crippen molar-refractivity contribution < 1.29 is 33.5 Å². The Morgan fingerprint density at radius 3 is 1.89 bits per heavy atom. The number of carbonyl (C=O) groups excluding carboxylic acids is 4. The monoisotopic (exact) mass is 1030 g/mol. The number of β-lactam (4-membered cyclic amide) rings is 1. The minimum Gasteiger partial charge on any atom is -0.448 e. The maximum absolute atomic E-state index is 15.3. The van der Waals surface area contributed by atoms with Crippen LogP contribution in [0.3, 0.4) is 0 Å². The fourth-order valence-corrected chi connectivity index (χ4v) is 11.9. The summed E-state index contributed by atoms with van der Waals surface area (Å²) in [7, 11) is 1.70. The van der Waals surface area contributed by atoms with Gasteiger partial charge in [0.2, 0.25) is 10.5 Å². The van der Waals surface area contributed by atoms with Gasteiger partial charge in [0.05, 0.1) is 6.20 Å². The van der Waals surface area contributed by atoms with Gasteiger partial charge in [-0.05, 0) is 31.9 Å². The van der Waals surface area contributed by atoms with Crippen molar-refractivity contribution in [2.24, 2.45) is 12.2 Å². The molecule has 364 valence electrons. The summed E-state index contributed by atoms with van der Waals surface area (Å²) in [6.45, 7) is 5.20. The average Bonchev–Trinajstić information content (AvgIpc) is 4.05. The number of fused-ring (bicyclic) bond motifs is 1. The molecule has 2 aliphatic heterocycles. The smallest absolute Gasteiger partial charge is 0.413 e. The highest BCUT2D eigenvalue weighted by Crippen LogP contribution is 2.53. The van der Waals surface area contributed by atoms with E-state index in [1.165, 1.54) is 31.4 Å². The topological polar surface area (TPSA) is 179 Å². The van der Waals surface area contributed by atoms with E-state index in [4.69, 9.17) is 31.7 Å². The molecular weight excluding hydrogens is 989 g/mol. The van der Waals surface area contributed by atoms with Crippen LogP contribution in [-0.4, -0.2) is 80.8 Å². The van der Waals surface area contributed by atoms with E-state index in [-0.39, 0.29) is 28.0 Å². The lowest BCUT2D eigenvalue weighted by Crippen LogP contribution is -2.78. The summed E-state index contributed by atoms with van der Waals surface area (Å²) in [5, 5.41) is 19.5. The second-order valence-electron chi connectivity index (χ2n) is 17.4. The standard InChI is InChI=1S/C53H46N8O7S4/c1-51(2,3)67-50(65)55-49-54-41(32-71-49)42(58-68-52(36-24-14-7-15-25-36,37-26-16-8-17-27-37)38-28-18-9-19-29-38)45(62)56-53(72-33-69)47(64)61-43(39(31-70-48(53)61)40-30-60(4)59-57-40)46(63)66-44(34-20-10-5-11-21-34)35-22-12-6-13-23-35/h5-30,32-33,44,48H,31H2,1-4H3,(H,56,62)(H,54,55,65)/t48-,53-/m0/s1. The minimum atomic E-state index is -1.79. The zero-order chi connectivity index (χ0) is 50.5. The van der Waals surface area contributed by atoms with Gasteiger partial charge >= 0.3 is 12.1 Å². The Labute approximate surface area is 433 Å². The number of amides is 3. The van der Waals surface area contributed by atoms with Gasteiger partial charge in [-0.25, -0.2) is 14.6 Å². The van der Waals surface area contributed by atoms with Crippen molar-refractivity contribution in [2.75, 3.05) is 11.1 Å². The van der Waals surface area contributed by atoms with Crippen LogP contribution in [0.2, 0.25) is 0 Å². The van der Waals surface area contributed by atoms with E-state index in [9.17, 15) is 9.59 Å². The number of nitrogens with zero attached hydrogens (tertiary/aromatic N) is 6. The van der Waals surface area contributed by atoms with E-state index in [0.29, 0.717) is 39.1 Å². The molecule has 5 aromatic carbocycles. The third-order valence-corrected chi connectivity index (χ3v) is 15.0. The second-order valence-corrected chi connectivity index (χ2v) is 21.0. The van der Waals surface area contributed by atoms with E-state index >= 15 is 9.59 Å². The van der Waals surface area contributed by atoms with Gasteiger partial charge in [-0.3, -0.25) is 24.5 Å². The van der Waals surface area contributed by atoms with Gasteiger partial charge in [0.1, 0.15) is 28.1 Å². The highest BCUT2D eigenvalue weighted by Gasteiger charge is 2.66. The van der Waals surface area contributed by atoms with E-state index in [2.05, 4.69) is 25.9 Å². The summed E-state index contributed by atoms with van der Waals surface area (Å²) in [6, 6.07) is 47.0. The van der Waals surface area contributed by atoms with Crippen LogP contribution in [0.25, 0.3) is 5.57 Å². The van der Waals surface area contributed by atoms with E-state index < -0.39 is 51.4 Å². The molecule has 0 radical (unpaired) electrons. The van der Waals surface area contributed by atoms with Crippen LogP contribution in [0.5, 0.6) is 0 Å². The number of carbonyl (C=O) groups is 4. The van der Waals surface area contributed by atoms with E-state index in [1.54, 1.807) is 34.0 Å². The molecule has 15 nitrogen and oxygen atoms in total. The predicted molar refractivity (Wildman–Crippen MR) is 283 cm³/mol. The molecule has 3 amide bonds. The summed E-state index contributed by atoms with van der Waals surface area (Å²) in [5.74, 6) is -2.16. The number of rotatable bonds is 16. The normalized spacial score (nSPS) is 16.8. The van der Waals surface area contributed by atoms with E-state index in [0.717, 1.165) is 23.1 Å². The Morgan fingerprint density at radius 2 is 1.39 bits per heavy atom. The number of thioether (sulfide) groups is 2. The highest BCUT2D eigenvalue weighted by atomic mass is 32.2. The van der Waals surface area contributed by atoms with Gasteiger partial charge in [0.25, 0.3) is 11.8 Å². The Bertz CT molecular complexity index is 3030. The second kappa shape index (κ2) is 21.1. The molecule has 0 aliphatic carbocycles. The van der Waals surface area contributed by atoms with Crippen molar-refractivity contribution in [2.45, 2.75) is 48.3 Å². The molecule has 2 aromatic heterocycles. The van der Waals surface area contributed by atoms with Gasteiger partial charge in [-0.15, -0.1) is 28.2 Å².